The van der Waals surface area contributed by atoms with E-state index in [2.05, 4.69) is 20.7 Å². The predicted molar refractivity (Wildman–Crippen MR) is 119 cm³/mol. The Morgan fingerprint density at radius 3 is 2.67 bits per heavy atom. The minimum Gasteiger partial charge on any atom is -0.383 e. The van der Waals surface area contributed by atoms with Crippen LogP contribution in [0.25, 0.3) is 10.3 Å². The summed E-state index contributed by atoms with van der Waals surface area (Å²) in [7, 11) is 1.58. The maximum absolute atomic E-state index is 12.8. The van der Waals surface area contributed by atoms with Crippen molar-refractivity contribution in [3.05, 3.63) is 40.5 Å². The molecule has 0 unspecified atom stereocenters. The van der Waals surface area contributed by atoms with Crippen molar-refractivity contribution in [2.24, 2.45) is 0 Å². The molecule has 3 aromatic rings. The third-order valence-electron chi connectivity index (χ3n) is 4.18. The van der Waals surface area contributed by atoms with Crippen molar-refractivity contribution in [2.75, 3.05) is 19.0 Å². The van der Waals surface area contributed by atoms with Gasteiger partial charge in [0.15, 0.2) is 16.5 Å². The van der Waals surface area contributed by atoms with Crippen molar-refractivity contribution < 1.29 is 14.3 Å². The zero-order chi connectivity index (χ0) is 22.1. The number of nitrogens with one attached hydrogen (secondary N) is 2. The summed E-state index contributed by atoms with van der Waals surface area (Å²) in [6.07, 6.45) is 0. The second-order valence-electron chi connectivity index (χ2n) is 7.90. The van der Waals surface area contributed by atoms with Crippen molar-refractivity contribution in [1.29, 1.82) is 0 Å². The Labute approximate surface area is 183 Å². The first-order chi connectivity index (χ1) is 14.1. The third-order valence-corrected chi connectivity index (χ3v) is 5.38. The molecule has 2 heterocycles. The Balaban J connectivity index is 1.96. The van der Waals surface area contributed by atoms with Crippen LogP contribution in [0.1, 0.15) is 48.5 Å². The van der Waals surface area contributed by atoms with Crippen LogP contribution >= 0.6 is 22.9 Å². The van der Waals surface area contributed by atoms with Crippen LogP contribution < -0.4 is 10.6 Å². The van der Waals surface area contributed by atoms with Crippen molar-refractivity contribution in [3.63, 3.8) is 0 Å². The molecular formula is C20H24ClN5O3S. The van der Waals surface area contributed by atoms with Crippen LogP contribution in [0.3, 0.4) is 0 Å². The highest BCUT2D eigenvalue weighted by molar-refractivity contribution is 7.22. The molecule has 0 spiro atoms. The summed E-state index contributed by atoms with van der Waals surface area (Å²) in [5.74, 6) is -0.646. The van der Waals surface area contributed by atoms with Crippen molar-refractivity contribution in [3.8, 4) is 0 Å². The second kappa shape index (κ2) is 8.71. The SMILES string of the molecule is COC[C@H](C)NC(=O)c1nn(C(C)(C)C)c2nc(NC(=O)c3cccc(Cl)c3)sc12. The van der Waals surface area contributed by atoms with Gasteiger partial charge in [0.25, 0.3) is 11.8 Å². The molecular weight excluding hydrogens is 426 g/mol. The molecule has 2 aromatic heterocycles. The first-order valence-electron chi connectivity index (χ1n) is 9.37. The first kappa shape index (κ1) is 22.2. The predicted octanol–water partition coefficient (Wildman–Crippen LogP) is 3.92. The molecule has 0 saturated carbocycles. The number of ether oxygens (including phenoxy) is 1. The van der Waals surface area contributed by atoms with Gasteiger partial charge in [-0.1, -0.05) is 29.0 Å². The fourth-order valence-electron chi connectivity index (χ4n) is 2.86. The van der Waals surface area contributed by atoms with Gasteiger partial charge in [-0.15, -0.1) is 0 Å². The number of hydrogen-bond acceptors (Lipinski definition) is 6. The molecule has 0 radical (unpaired) electrons. The molecule has 3 rings (SSSR count). The smallest absolute Gasteiger partial charge is 0.273 e. The normalized spacial score (nSPS) is 12.7. The Kier molecular flexibility index (Phi) is 6.44. The maximum Gasteiger partial charge on any atom is 0.273 e. The quantitative estimate of drug-likeness (QED) is 0.594. The van der Waals surface area contributed by atoms with E-state index in [1.807, 2.05) is 27.7 Å². The number of amides is 2. The van der Waals surface area contributed by atoms with Gasteiger partial charge in [0, 0.05) is 23.7 Å². The number of rotatable bonds is 6. The van der Waals surface area contributed by atoms with Crippen LogP contribution in [-0.2, 0) is 10.3 Å². The molecule has 8 nitrogen and oxygen atoms in total. The monoisotopic (exact) mass is 449 g/mol. The van der Waals surface area contributed by atoms with E-state index in [9.17, 15) is 9.59 Å². The summed E-state index contributed by atoms with van der Waals surface area (Å²) >= 11 is 7.18. The number of nitrogens with zero attached hydrogens (tertiary/aromatic N) is 3. The van der Waals surface area contributed by atoms with Crippen molar-refractivity contribution in [1.82, 2.24) is 20.1 Å². The number of carbonyl (C=O) groups is 2. The van der Waals surface area contributed by atoms with Crippen molar-refractivity contribution >= 4 is 50.2 Å². The largest absolute Gasteiger partial charge is 0.383 e. The summed E-state index contributed by atoms with van der Waals surface area (Å²) < 4.78 is 7.38. The van der Waals surface area contributed by atoms with Gasteiger partial charge >= 0.3 is 0 Å². The number of aromatic nitrogens is 3. The lowest BCUT2D eigenvalue weighted by Crippen LogP contribution is -2.36. The Hall–Kier alpha value is -2.49. The van der Waals surface area contributed by atoms with Crippen LogP contribution in [0.5, 0.6) is 0 Å². The van der Waals surface area contributed by atoms with E-state index in [1.54, 1.807) is 36.1 Å². The minimum absolute atomic E-state index is 0.174. The van der Waals surface area contributed by atoms with Gasteiger partial charge in [-0.3, -0.25) is 14.9 Å². The molecule has 2 amide bonds. The number of fused-ring (bicyclic) bond motifs is 1. The van der Waals surface area contributed by atoms with E-state index >= 15 is 0 Å². The average Bonchev–Trinajstić information content (AvgIpc) is 3.19. The first-order valence-corrected chi connectivity index (χ1v) is 10.6. The molecule has 0 bridgehead atoms. The summed E-state index contributed by atoms with van der Waals surface area (Å²) in [6.45, 7) is 8.15. The Bertz CT molecular complexity index is 1090. The van der Waals surface area contributed by atoms with Crippen molar-refractivity contribution in [2.45, 2.75) is 39.3 Å². The van der Waals surface area contributed by atoms with Crippen LogP contribution in [-0.4, -0.2) is 46.3 Å². The highest BCUT2D eigenvalue weighted by Gasteiger charge is 2.27. The van der Waals surface area contributed by atoms with Gasteiger partial charge in [0.1, 0.15) is 4.70 Å². The highest BCUT2D eigenvalue weighted by atomic mass is 35.5. The van der Waals surface area contributed by atoms with Crippen LogP contribution in [0.2, 0.25) is 5.02 Å². The Morgan fingerprint density at radius 1 is 1.30 bits per heavy atom. The van der Waals surface area contributed by atoms with Crippen LogP contribution in [0.4, 0.5) is 5.13 Å². The minimum atomic E-state index is -0.406. The summed E-state index contributed by atoms with van der Waals surface area (Å²) in [6, 6.07) is 6.48. The second-order valence-corrected chi connectivity index (χ2v) is 9.33. The van der Waals surface area contributed by atoms with E-state index in [4.69, 9.17) is 16.3 Å². The van der Waals surface area contributed by atoms with Gasteiger partial charge < -0.3 is 10.1 Å². The summed E-state index contributed by atoms with van der Waals surface area (Å²) in [5.41, 5.74) is 0.824. The number of benzene rings is 1. The van der Waals surface area contributed by atoms with E-state index in [0.717, 1.165) is 0 Å². The van der Waals surface area contributed by atoms with Gasteiger partial charge in [-0.05, 0) is 45.9 Å². The van der Waals surface area contributed by atoms with Gasteiger partial charge in [0.2, 0.25) is 0 Å². The average molecular weight is 450 g/mol. The number of hydrogen-bond donors (Lipinski definition) is 2. The molecule has 0 saturated heterocycles. The molecule has 0 aliphatic rings. The van der Waals surface area contributed by atoms with E-state index in [-0.39, 0.29) is 23.6 Å². The van der Waals surface area contributed by atoms with Crippen LogP contribution in [0.15, 0.2) is 24.3 Å². The summed E-state index contributed by atoms with van der Waals surface area (Å²) in [4.78, 5) is 29.9. The van der Waals surface area contributed by atoms with Gasteiger partial charge in [0.05, 0.1) is 12.1 Å². The molecule has 0 aliphatic heterocycles. The lowest BCUT2D eigenvalue weighted by molar-refractivity contribution is 0.0900. The van der Waals surface area contributed by atoms with E-state index in [1.165, 1.54) is 11.3 Å². The fourth-order valence-corrected chi connectivity index (χ4v) is 3.97. The van der Waals surface area contributed by atoms with Crippen LogP contribution in [0, 0.1) is 0 Å². The fraction of sp³-hybridized carbons (Fsp3) is 0.400. The summed E-state index contributed by atoms with van der Waals surface area (Å²) in [5, 5.41) is 11.0. The molecule has 30 heavy (non-hydrogen) atoms. The molecule has 10 heteroatoms. The number of methoxy groups -OCH3 is 1. The molecule has 1 atom stereocenters. The molecule has 1 aromatic carbocycles. The van der Waals surface area contributed by atoms with E-state index in [0.29, 0.717) is 32.7 Å². The van der Waals surface area contributed by atoms with E-state index < -0.39 is 5.54 Å². The lowest BCUT2D eigenvalue weighted by atomic mass is 10.1. The zero-order valence-electron chi connectivity index (χ0n) is 17.4. The van der Waals surface area contributed by atoms with Gasteiger partial charge in [-0.2, -0.15) is 10.1 Å². The molecule has 0 fully saturated rings. The topological polar surface area (TPSA) is 98.1 Å². The number of halogens is 1. The number of thiazole rings is 1. The molecule has 2 N–H and O–H groups in total. The number of anilines is 1. The lowest BCUT2D eigenvalue weighted by Gasteiger charge is -2.19. The number of carbonyl (C=O) groups excluding carboxylic acids is 2. The standard InChI is InChI=1S/C20H24ClN5O3S/c1-11(10-29-5)22-18(28)14-15-16(26(25-14)20(2,3)4)23-19(30-15)24-17(27)12-7-6-8-13(21)9-12/h6-9,11H,10H2,1-5H3,(H,22,28)(H,23,24,27)/t11-/m0/s1. The Morgan fingerprint density at radius 2 is 2.03 bits per heavy atom. The third kappa shape index (κ3) is 4.80. The zero-order valence-corrected chi connectivity index (χ0v) is 19.0. The molecule has 0 aliphatic carbocycles. The molecule has 160 valence electrons. The highest BCUT2D eigenvalue weighted by Crippen LogP contribution is 2.32. The maximum atomic E-state index is 12.8. The van der Waals surface area contributed by atoms with Gasteiger partial charge in [-0.25, -0.2) is 4.68 Å².